The van der Waals surface area contributed by atoms with Crippen molar-refractivity contribution in [3.63, 3.8) is 0 Å². The van der Waals surface area contributed by atoms with E-state index >= 15 is 0 Å². The van der Waals surface area contributed by atoms with Gasteiger partial charge in [-0.15, -0.1) is 0 Å². The van der Waals surface area contributed by atoms with Crippen molar-refractivity contribution in [1.29, 1.82) is 0 Å². The van der Waals surface area contributed by atoms with Gasteiger partial charge in [-0.25, -0.2) is 13.6 Å². The number of rotatable bonds is 9. The van der Waals surface area contributed by atoms with Gasteiger partial charge in [-0.2, -0.15) is 0 Å². The van der Waals surface area contributed by atoms with E-state index in [-0.39, 0.29) is 76.0 Å². The maximum Gasteiger partial charge on any atom is 0.408 e. The molecule has 1 saturated carbocycles. The number of nitrogens with one attached hydrogen (secondary N) is 1. The van der Waals surface area contributed by atoms with Gasteiger partial charge < -0.3 is 34.3 Å². The van der Waals surface area contributed by atoms with Crippen LogP contribution in [0.25, 0.3) is 10.9 Å². The fraction of sp³-hybridized carbons (Fsp3) is 0.633. The summed E-state index contributed by atoms with van der Waals surface area (Å²) >= 11 is 0. The number of aliphatic hydroxyl groups excluding tert-OH is 1. The first-order valence-corrected chi connectivity index (χ1v) is 14.7. The number of carbonyl (C=O) groups excluding carboxylic acids is 3. The zero-order chi connectivity index (χ0) is 30.4. The number of piperazine rings is 1. The first kappa shape index (κ1) is 31.7. The number of hydrogen-bond acceptors (Lipinski definition) is 6. The Labute approximate surface area is 244 Å². The topological polar surface area (TPSA) is 113 Å². The van der Waals surface area contributed by atoms with E-state index in [4.69, 9.17) is 14.6 Å². The van der Waals surface area contributed by atoms with Gasteiger partial charge in [0.2, 0.25) is 5.91 Å². The van der Waals surface area contributed by atoms with Crippen LogP contribution in [0.4, 0.5) is 13.6 Å². The van der Waals surface area contributed by atoms with Crippen LogP contribution >= 0.6 is 0 Å². The lowest BCUT2D eigenvalue weighted by atomic mass is 9.83. The highest BCUT2D eigenvalue weighted by Gasteiger charge is 2.37. The highest BCUT2D eigenvalue weighted by Crippen LogP contribution is 2.29. The van der Waals surface area contributed by atoms with E-state index in [0.717, 1.165) is 44.2 Å². The summed E-state index contributed by atoms with van der Waals surface area (Å²) in [5.74, 6) is -2.51. The van der Waals surface area contributed by atoms with Crippen LogP contribution in [0.5, 0.6) is 0 Å². The number of amides is 3. The molecule has 2 fully saturated rings. The van der Waals surface area contributed by atoms with Gasteiger partial charge in [0.1, 0.15) is 17.3 Å². The van der Waals surface area contributed by atoms with Crippen LogP contribution in [0.3, 0.4) is 0 Å². The van der Waals surface area contributed by atoms with Crippen LogP contribution in [-0.4, -0.2) is 95.0 Å². The summed E-state index contributed by atoms with van der Waals surface area (Å²) in [4.78, 5) is 43.3. The second-order valence-electron chi connectivity index (χ2n) is 12.0. The minimum atomic E-state index is -1.02. The third kappa shape index (κ3) is 7.77. The molecule has 2 N–H and O–H groups in total. The maximum atomic E-state index is 14.1. The molecule has 42 heavy (non-hydrogen) atoms. The van der Waals surface area contributed by atoms with Crippen molar-refractivity contribution in [2.75, 3.05) is 46.0 Å². The number of aliphatic hydroxyl groups is 1. The third-order valence-electron chi connectivity index (χ3n) is 7.80. The summed E-state index contributed by atoms with van der Waals surface area (Å²) < 4.78 is 40.5. The van der Waals surface area contributed by atoms with Crippen LogP contribution in [0.1, 0.15) is 63.4 Å². The molecular weight excluding hydrogens is 550 g/mol. The molecule has 1 aromatic carbocycles. The lowest BCUT2D eigenvalue weighted by Crippen LogP contribution is -2.58. The molecule has 1 unspecified atom stereocenters. The molecular formula is C30H42F2N4O6. The summed E-state index contributed by atoms with van der Waals surface area (Å²) in [6.45, 7) is 6.74. The van der Waals surface area contributed by atoms with Crippen molar-refractivity contribution in [3.05, 3.63) is 35.5 Å². The lowest BCUT2D eigenvalue weighted by molar-refractivity contribution is -0.136. The van der Waals surface area contributed by atoms with Gasteiger partial charge in [-0.1, -0.05) is 19.3 Å². The SMILES string of the molecule is CC(C)(C)OC(=O)NC(C(=O)N1CCN(C(=O)c2cc3cc(F)c(F)cc3n2CCOCCO)CC1)C1CCCCC1. The first-order valence-electron chi connectivity index (χ1n) is 14.7. The molecule has 3 amide bonds. The standard InChI is InChI=1S/C30H42F2N4O6/c1-30(2,3)42-29(40)33-26(20-7-5-4-6-8-20)28(39)35-11-9-34(10-12-35)27(38)25-18-21-17-22(31)23(32)19-24(21)36(25)13-15-41-16-14-37/h17-20,26,37H,4-16H2,1-3H3,(H,33,40). The molecule has 2 aliphatic rings. The molecule has 2 heterocycles. The number of aromatic nitrogens is 1. The normalized spacial score (nSPS) is 17.4. The van der Waals surface area contributed by atoms with E-state index in [0.29, 0.717) is 10.9 Å². The van der Waals surface area contributed by atoms with E-state index in [2.05, 4.69) is 5.32 Å². The molecule has 1 aliphatic carbocycles. The molecule has 1 aliphatic heterocycles. The van der Waals surface area contributed by atoms with Gasteiger partial charge in [0.15, 0.2) is 11.6 Å². The zero-order valence-electron chi connectivity index (χ0n) is 24.7. The molecule has 12 heteroatoms. The number of ether oxygens (including phenoxy) is 2. The molecule has 2 aromatic rings. The van der Waals surface area contributed by atoms with Crippen molar-refractivity contribution in [2.45, 2.75) is 71.1 Å². The number of carbonyl (C=O) groups is 3. The van der Waals surface area contributed by atoms with Crippen LogP contribution in [0.2, 0.25) is 0 Å². The van der Waals surface area contributed by atoms with Crippen LogP contribution in [0.15, 0.2) is 18.2 Å². The van der Waals surface area contributed by atoms with Crippen molar-refractivity contribution >= 4 is 28.8 Å². The maximum absolute atomic E-state index is 14.1. The Bertz CT molecular complexity index is 1260. The Hall–Kier alpha value is -3.25. The monoisotopic (exact) mass is 592 g/mol. The summed E-state index contributed by atoms with van der Waals surface area (Å²) in [5.41, 5.74) is -0.0717. The second-order valence-corrected chi connectivity index (χ2v) is 12.0. The molecule has 1 saturated heterocycles. The van der Waals surface area contributed by atoms with Crippen molar-refractivity contribution in [1.82, 2.24) is 19.7 Å². The fourth-order valence-corrected chi connectivity index (χ4v) is 5.77. The van der Waals surface area contributed by atoms with Crippen LogP contribution in [0, 0.1) is 17.6 Å². The predicted molar refractivity (Wildman–Crippen MR) is 152 cm³/mol. The van der Waals surface area contributed by atoms with E-state index in [1.54, 1.807) is 35.1 Å². The van der Waals surface area contributed by atoms with Crippen LogP contribution < -0.4 is 5.32 Å². The molecule has 0 spiro atoms. The van der Waals surface area contributed by atoms with Gasteiger partial charge in [0, 0.05) is 44.2 Å². The summed E-state index contributed by atoms with van der Waals surface area (Å²) in [7, 11) is 0. The van der Waals surface area contributed by atoms with E-state index < -0.39 is 29.4 Å². The summed E-state index contributed by atoms with van der Waals surface area (Å²) in [6.07, 6.45) is 4.17. The number of fused-ring (bicyclic) bond motifs is 1. The van der Waals surface area contributed by atoms with Crippen LogP contribution in [-0.2, 0) is 20.8 Å². The number of alkyl carbamates (subject to hydrolysis) is 1. The largest absolute Gasteiger partial charge is 0.444 e. The quantitative estimate of drug-likeness (QED) is 0.430. The highest BCUT2D eigenvalue weighted by atomic mass is 19.2. The Morgan fingerprint density at radius 1 is 0.976 bits per heavy atom. The Kier molecular flexibility index (Phi) is 10.4. The molecule has 232 valence electrons. The Morgan fingerprint density at radius 3 is 2.26 bits per heavy atom. The molecule has 10 nitrogen and oxygen atoms in total. The Balaban J connectivity index is 1.47. The van der Waals surface area contributed by atoms with E-state index in [1.807, 2.05) is 0 Å². The minimum Gasteiger partial charge on any atom is -0.444 e. The minimum absolute atomic E-state index is 0.0166. The van der Waals surface area contributed by atoms with Crippen molar-refractivity contribution in [3.8, 4) is 0 Å². The molecule has 1 aromatic heterocycles. The van der Waals surface area contributed by atoms with Gasteiger partial charge >= 0.3 is 6.09 Å². The van der Waals surface area contributed by atoms with Crippen molar-refractivity contribution < 1.29 is 37.7 Å². The average molecular weight is 593 g/mol. The fourth-order valence-electron chi connectivity index (χ4n) is 5.77. The highest BCUT2D eigenvalue weighted by molar-refractivity contribution is 5.99. The van der Waals surface area contributed by atoms with Crippen molar-refractivity contribution in [2.24, 2.45) is 5.92 Å². The van der Waals surface area contributed by atoms with E-state index in [9.17, 15) is 23.2 Å². The van der Waals surface area contributed by atoms with Gasteiger partial charge in [0.05, 0.1) is 25.3 Å². The first-order chi connectivity index (χ1) is 20.0. The summed E-state index contributed by atoms with van der Waals surface area (Å²) in [6, 6.07) is 2.96. The predicted octanol–water partition coefficient (Wildman–Crippen LogP) is 3.69. The lowest BCUT2D eigenvalue weighted by Gasteiger charge is -2.39. The second kappa shape index (κ2) is 13.8. The summed E-state index contributed by atoms with van der Waals surface area (Å²) in [5, 5.41) is 12.2. The number of hydrogen-bond donors (Lipinski definition) is 2. The average Bonchev–Trinajstić information content (AvgIpc) is 3.30. The third-order valence-corrected chi connectivity index (χ3v) is 7.80. The molecule has 4 rings (SSSR count). The van der Waals surface area contributed by atoms with Gasteiger partial charge in [-0.3, -0.25) is 9.59 Å². The molecule has 0 bridgehead atoms. The number of nitrogens with zero attached hydrogens (tertiary/aromatic N) is 3. The number of benzene rings is 1. The molecule has 0 radical (unpaired) electrons. The number of halogens is 2. The van der Waals surface area contributed by atoms with Gasteiger partial charge in [0.25, 0.3) is 5.91 Å². The molecule has 1 atom stereocenters. The Morgan fingerprint density at radius 2 is 1.62 bits per heavy atom. The smallest absolute Gasteiger partial charge is 0.408 e. The van der Waals surface area contributed by atoms with Gasteiger partial charge in [-0.05, 0) is 51.7 Å². The van der Waals surface area contributed by atoms with E-state index in [1.165, 1.54) is 6.07 Å². The zero-order valence-corrected chi connectivity index (χ0v) is 24.7.